The molecule has 1 aliphatic rings. The van der Waals surface area contributed by atoms with E-state index in [1.807, 2.05) is 0 Å². The zero-order valence-corrected chi connectivity index (χ0v) is 15.0. The molecule has 1 unspecified atom stereocenters. The van der Waals surface area contributed by atoms with E-state index >= 15 is 0 Å². The highest BCUT2D eigenvalue weighted by Crippen LogP contribution is 2.29. The number of benzene rings is 2. The van der Waals surface area contributed by atoms with Crippen LogP contribution < -0.4 is 10.6 Å². The second-order valence-electron chi connectivity index (χ2n) is 6.67. The first kappa shape index (κ1) is 19.1. The second-order valence-corrected chi connectivity index (χ2v) is 6.67. The van der Waals surface area contributed by atoms with E-state index in [2.05, 4.69) is 15.7 Å². The molecule has 5 nitrogen and oxygen atoms in total. The normalized spacial score (nSPS) is 16.4. The average molecular weight is 404 g/mol. The molecule has 0 fully saturated rings. The number of halogens is 4. The second kappa shape index (κ2) is 7.32. The molecule has 0 saturated heterocycles. The summed E-state index contributed by atoms with van der Waals surface area (Å²) in [5.41, 5.74) is 1.22. The van der Waals surface area contributed by atoms with Crippen LogP contribution in [0.15, 0.2) is 54.6 Å². The Kier molecular flexibility index (Phi) is 4.83. The Labute approximate surface area is 163 Å². The van der Waals surface area contributed by atoms with Gasteiger partial charge < -0.3 is 5.32 Å². The van der Waals surface area contributed by atoms with Crippen molar-refractivity contribution in [2.45, 2.75) is 18.9 Å². The molecule has 0 saturated carbocycles. The fraction of sp³-hybridized carbons (Fsp3) is 0.200. The Morgan fingerprint density at radius 1 is 1.14 bits per heavy atom. The Bertz CT molecular complexity index is 1040. The summed E-state index contributed by atoms with van der Waals surface area (Å²) >= 11 is 0. The Morgan fingerprint density at radius 3 is 2.62 bits per heavy atom. The highest BCUT2D eigenvalue weighted by molar-refractivity contribution is 5.94. The number of hydrogen-bond donors (Lipinski definition) is 2. The number of carbonyl (C=O) groups excluding carboxylic acids is 1. The van der Waals surface area contributed by atoms with Crippen molar-refractivity contribution < 1.29 is 22.4 Å². The summed E-state index contributed by atoms with van der Waals surface area (Å²) in [5.74, 6) is -0.681. The molecule has 4 rings (SSSR count). The number of fused-ring (bicyclic) bond motifs is 1. The molecule has 0 radical (unpaired) electrons. The van der Waals surface area contributed by atoms with E-state index in [4.69, 9.17) is 0 Å². The minimum Gasteiger partial charge on any atom is -0.347 e. The summed E-state index contributed by atoms with van der Waals surface area (Å²) < 4.78 is 53.3. The van der Waals surface area contributed by atoms with Gasteiger partial charge in [-0.05, 0) is 42.0 Å². The molecule has 2 N–H and O–H groups in total. The van der Waals surface area contributed by atoms with Gasteiger partial charge in [0.2, 0.25) is 0 Å². The molecule has 1 aliphatic heterocycles. The van der Waals surface area contributed by atoms with Gasteiger partial charge in [0.25, 0.3) is 5.91 Å². The maximum absolute atomic E-state index is 13.1. The number of hydrogen-bond acceptors (Lipinski definition) is 3. The van der Waals surface area contributed by atoms with Gasteiger partial charge in [0.15, 0.2) is 0 Å². The largest absolute Gasteiger partial charge is 0.416 e. The molecule has 0 aliphatic carbocycles. The number of rotatable bonds is 4. The highest BCUT2D eigenvalue weighted by atomic mass is 19.4. The lowest BCUT2D eigenvalue weighted by atomic mass is 10.1. The van der Waals surface area contributed by atoms with Crippen LogP contribution in [0, 0.1) is 5.82 Å². The molecule has 0 spiro atoms. The van der Waals surface area contributed by atoms with Crippen LogP contribution in [0.1, 0.15) is 27.8 Å². The number of carbonyl (C=O) groups is 1. The number of amides is 1. The third-order valence-corrected chi connectivity index (χ3v) is 4.66. The van der Waals surface area contributed by atoms with E-state index < -0.39 is 17.9 Å². The molecule has 1 atom stereocenters. The monoisotopic (exact) mass is 404 g/mol. The molecule has 2 aromatic carbocycles. The van der Waals surface area contributed by atoms with E-state index in [9.17, 15) is 22.4 Å². The Morgan fingerprint density at radius 2 is 1.90 bits per heavy atom. The van der Waals surface area contributed by atoms with E-state index in [1.54, 1.807) is 24.3 Å². The first-order valence-electron chi connectivity index (χ1n) is 8.84. The van der Waals surface area contributed by atoms with Crippen LogP contribution in [0.25, 0.3) is 11.3 Å². The highest BCUT2D eigenvalue weighted by Gasteiger charge is 2.31. The standard InChI is InChI=1S/C20H16F4N4O/c21-15-6-4-13(5-7-15)16-9-17-19(29)26-11-18(28(17)27-16)25-10-12-2-1-3-14(8-12)20(22,23)24/h1-9,18,25H,10-11H2,(H,26,29). The third-order valence-electron chi connectivity index (χ3n) is 4.66. The maximum atomic E-state index is 13.1. The lowest BCUT2D eigenvalue weighted by Gasteiger charge is -2.26. The van der Waals surface area contributed by atoms with Gasteiger partial charge in [0.05, 0.1) is 17.8 Å². The smallest absolute Gasteiger partial charge is 0.347 e. The maximum Gasteiger partial charge on any atom is 0.416 e. The third kappa shape index (κ3) is 4.00. The molecular weight excluding hydrogens is 388 g/mol. The molecule has 29 heavy (non-hydrogen) atoms. The van der Waals surface area contributed by atoms with Gasteiger partial charge in [-0.2, -0.15) is 18.3 Å². The molecule has 2 heterocycles. The van der Waals surface area contributed by atoms with Crippen LogP contribution in [0.5, 0.6) is 0 Å². The van der Waals surface area contributed by atoms with Gasteiger partial charge in [-0.1, -0.05) is 18.2 Å². The molecule has 3 aromatic rings. The SMILES string of the molecule is O=C1NCC(NCc2cccc(C(F)(F)F)c2)n2nc(-c3ccc(F)cc3)cc21. The van der Waals surface area contributed by atoms with Crippen LogP contribution in [0.3, 0.4) is 0 Å². The lowest BCUT2D eigenvalue weighted by Crippen LogP contribution is -2.45. The number of aromatic nitrogens is 2. The first-order valence-corrected chi connectivity index (χ1v) is 8.84. The minimum absolute atomic E-state index is 0.162. The van der Waals surface area contributed by atoms with Crippen molar-refractivity contribution in [3.63, 3.8) is 0 Å². The van der Waals surface area contributed by atoms with Crippen molar-refractivity contribution in [2.75, 3.05) is 6.54 Å². The molecule has 9 heteroatoms. The number of nitrogens with zero attached hydrogens (tertiary/aromatic N) is 2. The average Bonchev–Trinajstić information content (AvgIpc) is 3.14. The van der Waals surface area contributed by atoms with Crippen LogP contribution in [-0.4, -0.2) is 22.2 Å². The summed E-state index contributed by atoms with van der Waals surface area (Å²) in [6.45, 7) is 0.394. The lowest BCUT2D eigenvalue weighted by molar-refractivity contribution is -0.137. The zero-order valence-electron chi connectivity index (χ0n) is 15.0. The minimum atomic E-state index is -4.41. The van der Waals surface area contributed by atoms with Crippen molar-refractivity contribution in [2.24, 2.45) is 0 Å². The predicted octanol–water partition coefficient (Wildman–Crippen LogP) is 3.74. The predicted molar refractivity (Wildman–Crippen MR) is 97.3 cm³/mol. The van der Waals surface area contributed by atoms with Gasteiger partial charge in [0, 0.05) is 12.1 Å². The van der Waals surface area contributed by atoms with Gasteiger partial charge in [0.1, 0.15) is 17.7 Å². The Balaban J connectivity index is 1.56. The van der Waals surface area contributed by atoms with Gasteiger partial charge in [-0.15, -0.1) is 0 Å². The summed E-state index contributed by atoms with van der Waals surface area (Å²) in [6.07, 6.45) is -4.85. The summed E-state index contributed by atoms with van der Waals surface area (Å²) in [6, 6.07) is 12.4. The van der Waals surface area contributed by atoms with E-state index in [0.29, 0.717) is 22.5 Å². The van der Waals surface area contributed by atoms with Crippen molar-refractivity contribution in [3.8, 4) is 11.3 Å². The van der Waals surface area contributed by atoms with Gasteiger partial charge in [-0.25, -0.2) is 9.07 Å². The number of alkyl halides is 3. The quantitative estimate of drug-likeness (QED) is 0.652. The molecule has 1 aromatic heterocycles. The van der Waals surface area contributed by atoms with E-state index in [1.165, 1.54) is 22.9 Å². The fourth-order valence-electron chi connectivity index (χ4n) is 3.18. The van der Waals surface area contributed by atoms with Crippen molar-refractivity contribution in [1.29, 1.82) is 0 Å². The molecular formula is C20H16F4N4O. The van der Waals surface area contributed by atoms with E-state index in [-0.39, 0.29) is 24.8 Å². The van der Waals surface area contributed by atoms with Crippen molar-refractivity contribution in [1.82, 2.24) is 20.4 Å². The van der Waals surface area contributed by atoms with Crippen molar-refractivity contribution >= 4 is 5.91 Å². The van der Waals surface area contributed by atoms with Crippen LogP contribution in [0.4, 0.5) is 17.6 Å². The van der Waals surface area contributed by atoms with Crippen LogP contribution in [0.2, 0.25) is 0 Å². The Hall–Kier alpha value is -3.20. The topological polar surface area (TPSA) is 59.0 Å². The van der Waals surface area contributed by atoms with Crippen LogP contribution >= 0.6 is 0 Å². The van der Waals surface area contributed by atoms with E-state index in [0.717, 1.165) is 12.1 Å². The molecule has 1 amide bonds. The van der Waals surface area contributed by atoms with Crippen LogP contribution in [-0.2, 0) is 12.7 Å². The summed E-state index contributed by atoms with van der Waals surface area (Å²) in [5, 5.41) is 10.3. The molecule has 0 bridgehead atoms. The molecule has 150 valence electrons. The summed E-state index contributed by atoms with van der Waals surface area (Å²) in [7, 11) is 0. The zero-order chi connectivity index (χ0) is 20.6. The van der Waals surface area contributed by atoms with Gasteiger partial charge >= 0.3 is 6.18 Å². The van der Waals surface area contributed by atoms with Gasteiger partial charge in [-0.3, -0.25) is 10.1 Å². The summed E-state index contributed by atoms with van der Waals surface area (Å²) in [4.78, 5) is 12.2. The fourth-order valence-corrected chi connectivity index (χ4v) is 3.18. The first-order chi connectivity index (χ1) is 13.8. The number of nitrogens with one attached hydrogen (secondary N) is 2. The van der Waals surface area contributed by atoms with Crippen molar-refractivity contribution in [3.05, 3.63) is 77.2 Å².